The Kier molecular flexibility index (Phi) is 3.92. The first-order valence-corrected chi connectivity index (χ1v) is 8.21. The lowest BCUT2D eigenvalue weighted by molar-refractivity contribution is 0.579. The summed E-state index contributed by atoms with van der Waals surface area (Å²) >= 11 is 1.72. The number of benzene rings is 1. The zero-order valence-corrected chi connectivity index (χ0v) is 13.2. The summed E-state index contributed by atoms with van der Waals surface area (Å²) in [5.41, 5.74) is 8.80. The Morgan fingerprint density at radius 1 is 1.38 bits per heavy atom. The van der Waals surface area contributed by atoms with Crippen LogP contribution in [0.3, 0.4) is 0 Å². The van der Waals surface area contributed by atoms with E-state index in [1.165, 1.54) is 5.01 Å². The van der Waals surface area contributed by atoms with Gasteiger partial charge in [0.15, 0.2) is 0 Å². The number of nitrogen functional groups attached to an aromatic ring is 1. The van der Waals surface area contributed by atoms with Gasteiger partial charge in [-0.3, -0.25) is 0 Å². The van der Waals surface area contributed by atoms with Gasteiger partial charge in [-0.25, -0.2) is 9.97 Å². The van der Waals surface area contributed by atoms with Crippen LogP contribution in [0.4, 0.5) is 5.69 Å². The van der Waals surface area contributed by atoms with Crippen molar-refractivity contribution in [1.82, 2.24) is 14.5 Å². The highest BCUT2D eigenvalue weighted by Gasteiger charge is 2.15. The largest absolute Gasteiger partial charge is 0.399 e. The first-order chi connectivity index (χ1) is 10.2. The summed E-state index contributed by atoms with van der Waals surface area (Å²) in [6.45, 7) is 5.31. The Morgan fingerprint density at radius 3 is 2.95 bits per heavy atom. The van der Waals surface area contributed by atoms with Crippen LogP contribution in [0, 0.1) is 0 Å². The van der Waals surface area contributed by atoms with E-state index in [2.05, 4.69) is 29.5 Å². The maximum absolute atomic E-state index is 5.88. The van der Waals surface area contributed by atoms with Crippen LogP contribution in [0.15, 0.2) is 29.8 Å². The van der Waals surface area contributed by atoms with Gasteiger partial charge < -0.3 is 10.3 Å². The van der Waals surface area contributed by atoms with Gasteiger partial charge in [0.25, 0.3) is 0 Å². The van der Waals surface area contributed by atoms with E-state index < -0.39 is 0 Å². The van der Waals surface area contributed by atoms with E-state index in [4.69, 9.17) is 10.7 Å². The van der Waals surface area contributed by atoms with Gasteiger partial charge in [0.05, 0.1) is 16.0 Å². The molecule has 110 valence electrons. The molecule has 0 fully saturated rings. The number of nitrogens with two attached hydrogens (primary N) is 1. The van der Waals surface area contributed by atoms with Crippen LogP contribution in [-0.4, -0.2) is 14.5 Å². The molecule has 5 heteroatoms. The molecule has 0 amide bonds. The van der Waals surface area contributed by atoms with Crippen molar-refractivity contribution in [2.24, 2.45) is 0 Å². The number of aryl methyl sites for hydroxylation is 1. The summed E-state index contributed by atoms with van der Waals surface area (Å²) in [4.78, 5) is 9.19. The highest BCUT2D eigenvalue weighted by Crippen LogP contribution is 2.25. The molecule has 0 saturated heterocycles. The van der Waals surface area contributed by atoms with Crippen LogP contribution in [0.2, 0.25) is 0 Å². The van der Waals surface area contributed by atoms with E-state index in [1.54, 1.807) is 11.3 Å². The summed E-state index contributed by atoms with van der Waals surface area (Å²) in [6.07, 6.45) is 3.94. The lowest BCUT2D eigenvalue weighted by Gasteiger charge is -2.13. The number of hydrogen-bond donors (Lipinski definition) is 1. The smallest absolute Gasteiger partial charge is 0.109 e. The molecular formula is C16H20N4S. The van der Waals surface area contributed by atoms with Gasteiger partial charge in [-0.1, -0.05) is 13.8 Å². The van der Waals surface area contributed by atoms with Crippen molar-refractivity contribution in [2.45, 2.75) is 39.2 Å². The maximum Gasteiger partial charge on any atom is 0.109 e. The molecule has 0 aliphatic carbocycles. The number of fused-ring (bicyclic) bond motifs is 1. The minimum Gasteiger partial charge on any atom is -0.399 e. The monoisotopic (exact) mass is 300 g/mol. The average Bonchev–Trinajstić information content (AvgIpc) is 3.08. The molecule has 21 heavy (non-hydrogen) atoms. The van der Waals surface area contributed by atoms with E-state index in [1.807, 2.05) is 23.7 Å². The second kappa shape index (κ2) is 5.85. The van der Waals surface area contributed by atoms with Gasteiger partial charge in [0, 0.05) is 36.1 Å². The van der Waals surface area contributed by atoms with Crippen molar-refractivity contribution in [1.29, 1.82) is 0 Å². The Labute approximate surface area is 128 Å². The molecule has 0 spiro atoms. The molecule has 2 aromatic heterocycles. The number of thiazole rings is 1. The third-order valence-corrected chi connectivity index (χ3v) is 4.66. The van der Waals surface area contributed by atoms with E-state index in [9.17, 15) is 0 Å². The fourth-order valence-corrected chi connectivity index (χ4v) is 3.33. The minimum absolute atomic E-state index is 0.385. The zero-order valence-electron chi connectivity index (χ0n) is 12.4. The molecule has 0 bridgehead atoms. The topological polar surface area (TPSA) is 56.7 Å². The van der Waals surface area contributed by atoms with Crippen LogP contribution in [-0.2, 0) is 13.0 Å². The Bertz CT molecular complexity index is 730. The van der Waals surface area contributed by atoms with Gasteiger partial charge in [-0.15, -0.1) is 11.3 Å². The number of hydrogen-bond acceptors (Lipinski definition) is 4. The lowest BCUT2D eigenvalue weighted by Crippen LogP contribution is -2.09. The summed E-state index contributed by atoms with van der Waals surface area (Å²) in [5.74, 6) is 1.53. The van der Waals surface area contributed by atoms with Gasteiger partial charge in [-0.05, 0) is 24.6 Å². The quantitative estimate of drug-likeness (QED) is 0.728. The number of rotatable bonds is 5. The molecule has 3 aromatic rings. The Hall–Kier alpha value is -1.88. The molecule has 0 aliphatic heterocycles. The summed E-state index contributed by atoms with van der Waals surface area (Å²) < 4.78 is 2.32. The summed E-state index contributed by atoms with van der Waals surface area (Å²) in [5, 5.41) is 3.21. The van der Waals surface area contributed by atoms with Gasteiger partial charge in [0.1, 0.15) is 5.82 Å². The van der Waals surface area contributed by atoms with E-state index in [0.717, 1.165) is 41.9 Å². The predicted molar refractivity (Wildman–Crippen MR) is 88.7 cm³/mol. The predicted octanol–water partition coefficient (Wildman–Crippen LogP) is 3.83. The van der Waals surface area contributed by atoms with E-state index >= 15 is 0 Å². The SMILES string of the molecule is CCCc1nc2cc(N)ccc2n1CC(C)c1nccs1. The normalized spacial score (nSPS) is 12.9. The molecule has 3 rings (SSSR count). The summed E-state index contributed by atoms with van der Waals surface area (Å²) in [6, 6.07) is 5.98. The molecule has 0 aliphatic rings. The molecular weight excluding hydrogens is 280 g/mol. The van der Waals surface area contributed by atoms with Crippen LogP contribution in [0.25, 0.3) is 11.0 Å². The van der Waals surface area contributed by atoms with E-state index in [-0.39, 0.29) is 0 Å². The van der Waals surface area contributed by atoms with Crippen LogP contribution >= 0.6 is 11.3 Å². The highest BCUT2D eigenvalue weighted by molar-refractivity contribution is 7.09. The third kappa shape index (κ3) is 2.78. The number of nitrogens with zero attached hydrogens (tertiary/aromatic N) is 3. The van der Waals surface area contributed by atoms with Crippen molar-refractivity contribution in [2.75, 3.05) is 5.73 Å². The highest BCUT2D eigenvalue weighted by atomic mass is 32.1. The minimum atomic E-state index is 0.385. The van der Waals surface area contributed by atoms with Crippen LogP contribution < -0.4 is 5.73 Å². The van der Waals surface area contributed by atoms with Gasteiger partial charge >= 0.3 is 0 Å². The second-order valence-corrected chi connectivity index (χ2v) is 6.33. The average molecular weight is 300 g/mol. The first kappa shape index (κ1) is 14.1. The Morgan fingerprint density at radius 2 is 2.24 bits per heavy atom. The fourth-order valence-electron chi connectivity index (χ4n) is 2.64. The van der Waals surface area contributed by atoms with Gasteiger partial charge in [-0.2, -0.15) is 0 Å². The molecule has 4 nitrogen and oxygen atoms in total. The van der Waals surface area contributed by atoms with Crippen molar-refractivity contribution >= 4 is 28.1 Å². The molecule has 2 N–H and O–H groups in total. The maximum atomic E-state index is 5.88. The number of anilines is 1. The standard InChI is InChI=1S/C16H20N4S/c1-3-4-15-19-13-9-12(17)5-6-14(13)20(15)10-11(2)16-18-7-8-21-16/h5-9,11H,3-4,10,17H2,1-2H3. The Balaban J connectivity index is 2.00. The van der Waals surface area contributed by atoms with Crippen molar-refractivity contribution in [3.63, 3.8) is 0 Å². The van der Waals surface area contributed by atoms with Crippen molar-refractivity contribution < 1.29 is 0 Å². The summed E-state index contributed by atoms with van der Waals surface area (Å²) in [7, 11) is 0. The molecule has 1 aromatic carbocycles. The zero-order chi connectivity index (χ0) is 14.8. The molecule has 2 heterocycles. The van der Waals surface area contributed by atoms with Gasteiger partial charge in [0.2, 0.25) is 0 Å². The number of imidazole rings is 1. The van der Waals surface area contributed by atoms with Crippen molar-refractivity contribution in [3.05, 3.63) is 40.6 Å². The second-order valence-electron chi connectivity index (χ2n) is 5.41. The third-order valence-electron chi connectivity index (χ3n) is 3.65. The first-order valence-electron chi connectivity index (χ1n) is 7.33. The molecule has 0 saturated carbocycles. The molecule has 1 unspecified atom stereocenters. The number of aromatic nitrogens is 3. The fraction of sp³-hybridized carbons (Fsp3) is 0.375. The molecule has 0 radical (unpaired) electrons. The van der Waals surface area contributed by atoms with E-state index in [0.29, 0.717) is 5.92 Å². The lowest BCUT2D eigenvalue weighted by atomic mass is 10.2. The van der Waals surface area contributed by atoms with Crippen LogP contribution in [0.1, 0.15) is 37.0 Å². The van der Waals surface area contributed by atoms with Crippen LogP contribution in [0.5, 0.6) is 0 Å². The molecule has 1 atom stereocenters. The van der Waals surface area contributed by atoms with Crippen molar-refractivity contribution in [3.8, 4) is 0 Å².